The molecule has 1 spiro atoms. The van der Waals surface area contributed by atoms with Gasteiger partial charge in [-0.2, -0.15) is 0 Å². The minimum absolute atomic E-state index is 0.0987. The summed E-state index contributed by atoms with van der Waals surface area (Å²) < 4.78 is 11.1. The van der Waals surface area contributed by atoms with Crippen LogP contribution in [0.25, 0.3) is 0 Å². The Labute approximate surface area is 135 Å². The fourth-order valence-corrected chi connectivity index (χ4v) is 3.18. The second-order valence-electron chi connectivity index (χ2n) is 6.26. The van der Waals surface area contributed by atoms with E-state index < -0.39 is 12.1 Å². The van der Waals surface area contributed by atoms with Crippen LogP contribution in [0, 0.1) is 0 Å². The molecule has 1 aromatic carbocycles. The number of nitrogens with zero attached hydrogens (tertiary/aromatic N) is 1. The lowest BCUT2D eigenvalue weighted by molar-refractivity contribution is -0.154. The number of aliphatic carboxylic acids is 1. The maximum Gasteiger partial charge on any atom is 0.410 e. The molecule has 3 rings (SSSR count). The quantitative estimate of drug-likeness (QED) is 0.922. The summed E-state index contributed by atoms with van der Waals surface area (Å²) in [6, 6.07) is 9.51. The maximum absolute atomic E-state index is 12.5. The van der Waals surface area contributed by atoms with Crippen molar-refractivity contribution in [3.63, 3.8) is 0 Å². The highest BCUT2D eigenvalue weighted by Crippen LogP contribution is 2.41. The molecule has 1 aliphatic heterocycles. The topological polar surface area (TPSA) is 76.1 Å². The minimum atomic E-state index is -0.919. The summed E-state index contributed by atoms with van der Waals surface area (Å²) in [6.45, 7) is 0.891. The van der Waals surface area contributed by atoms with Gasteiger partial charge >= 0.3 is 12.1 Å². The van der Waals surface area contributed by atoms with Gasteiger partial charge in [-0.3, -0.25) is 9.69 Å². The first-order valence-corrected chi connectivity index (χ1v) is 7.91. The van der Waals surface area contributed by atoms with Crippen molar-refractivity contribution in [1.82, 2.24) is 4.90 Å². The first kappa shape index (κ1) is 15.8. The van der Waals surface area contributed by atoms with E-state index in [9.17, 15) is 9.59 Å². The Morgan fingerprint density at radius 3 is 2.65 bits per heavy atom. The predicted octanol–water partition coefficient (Wildman–Crippen LogP) is 2.42. The van der Waals surface area contributed by atoms with Crippen LogP contribution in [0.2, 0.25) is 0 Å². The summed E-state index contributed by atoms with van der Waals surface area (Å²) in [7, 11) is 0. The van der Waals surface area contributed by atoms with E-state index >= 15 is 0 Å². The van der Waals surface area contributed by atoms with Crippen LogP contribution >= 0.6 is 0 Å². The Kier molecular flexibility index (Phi) is 4.52. The number of carboxylic acid groups (broad SMARTS) is 1. The average Bonchev–Trinajstić information content (AvgIpc) is 2.51. The van der Waals surface area contributed by atoms with Crippen molar-refractivity contribution in [2.45, 2.75) is 43.9 Å². The lowest BCUT2D eigenvalue weighted by Crippen LogP contribution is -2.64. The van der Waals surface area contributed by atoms with Gasteiger partial charge in [0.05, 0.1) is 31.2 Å². The van der Waals surface area contributed by atoms with Gasteiger partial charge in [0.25, 0.3) is 0 Å². The summed E-state index contributed by atoms with van der Waals surface area (Å²) in [4.78, 5) is 25.1. The molecular weight excluding hydrogens is 298 g/mol. The van der Waals surface area contributed by atoms with Gasteiger partial charge in [-0.1, -0.05) is 30.3 Å². The molecule has 0 aromatic heterocycles. The van der Waals surface area contributed by atoms with Gasteiger partial charge in [0, 0.05) is 0 Å². The van der Waals surface area contributed by atoms with Gasteiger partial charge in [-0.25, -0.2) is 4.79 Å². The minimum Gasteiger partial charge on any atom is -0.481 e. The van der Waals surface area contributed by atoms with Crippen LogP contribution < -0.4 is 0 Å². The number of hydrogen-bond donors (Lipinski definition) is 1. The lowest BCUT2D eigenvalue weighted by atomic mass is 9.75. The van der Waals surface area contributed by atoms with Gasteiger partial charge in [0.1, 0.15) is 6.61 Å². The Morgan fingerprint density at radius 2 is 2.04 bits per heavy atom. The maximum atomic E-state index is 12.5. The van der Waals surface area contributed by atoms with Crippen molar-refractivity contribution in [3.05, 3.63) is 35.9 Å². The van der Waals surface area contributed by atoms with Crippen molar-refractivity contribution in [2.24, 2.45) is 0 Å². The van der Waals surface area contributed by atoms with Gasteiger partial charge < -0.3 is 14.6 Å². The molecule has 1 saturated heterocycles. The fraction of sp³-hybridized carbons (Fsp3) is 0.529. The standard InChI is InChI=1S/C17H21NO5/c19-15(20)9-14-10-18(17(12-23-14)7-4-8-17)16(21)22-11-13-5-2-1-3-6-13/h1-3,5-6,14H,4,7-12H2,(H,19,20). The van der Waals surface area contributed by atoms with Crippen LogP contribution in [0.3, 0.4) is 0 Å². The average molecular weight is 319 g/mol. The normalized spacial score (nSPS) is 22.4. The highest BCUT2D eigenvalue weighted by molar-refractivity contribution is 5.70. The molecule has 1 heterocycles. The first-order valence-electron chi connectivity index (χ1n) is 7.91. The number of carbonyl (C=O) groups is 2. The molecule has 1 aliphatic carbocycles. The second-order valence-corrected chi connectivity index (χ2v) is 6.26. The predicted molar refractivity (Wildman–Crippen MR) is 81.9 cm³/mol. The molecule has 1 amide bonds. The van der Waals surface area contributed by atoms with Crippen LogP contribution in [0.15, 0.2) is 30.3 Å². The molecule has 1 atom stereocenters. The first-order chi connectivity index (χ1) is 11.1. The Balaban J connectivity index is 1.63. The summed E-state index contributed by atoms with van der Waals surface area (Å²) in [5.74, 6) is -0.919. The van der Waals surface area contributed by atoms with E-state index in [1.165, 1.54) is 0 Å². The third-order valence-corrected chi connectivity index (χ3v) is 4.66. The van der Waals surface area contributed by atoms with Gasteiger partial charge in [0.15, 0.2) is 0 Å². The number of ether oxygens (including phenoxy) is 2. The number of rotatable bonds is 4. The molecule has 0 radical (unpaired) electrons. The summed E-state index contributed by atoms with van der Waals surface area (Å²) in [5.41, 5.74) is 0.627. The van der Waals surface area contributed by atoms with Crippen LogP contribution in [-0.4, -0.2) is 46.9 Å². The zero-order valence-corrected chi connectivity index (χ0v) is 12.9. The molecule has 1 unspecified atom stereocenters. The summed E-state index contributed by atoms with van der Waals surface area (Å²) in [5, 5.41) is 8.93. The molecular formula is C17H21NO5. The Morgan fingerprint density at radius 1 is 1.30 bits per heavy atom. The van der Waals surface area contributed by atoms with Gasteiger partial charge in [-0.15, -0.1) is 0 Å². The Hall–Kier alpha value is -2.08. The van der Waals surface area contributed by atoms with Crippen molar-refractivity contribution < 1.29 is 24.2 Å². The van der Waals surface area contributed by atoms with Crippen LogP contribution in [0.4, 0.5) is 4.79 Å². The largest absolute Gasteiger partial charge is 0.481 e. The molecule has 1 saturated carbocycles. The molecule has 6 heteroatoms. The van der Waals surface area contributed by atoms with Gasteiger partial charge in [0.2, 0.25) is 0 Å². The molecule has 2 fully saturated rings. The molecule has 124 valence electrons. The van der Waals surface area contributed by atoms with Crippen LogP contribution in [0.5, 0.6) is 0 Å². The molecule has 1 aromatic rings. The van der Waals surface area contributed by atoms with E-state index in [4.69, 9.17) is 14.6 Å². The third kappa shape index (κ3) is 3.47. The van der Waals surface area contributed by atoms with E-state index in [2.05, 4.69) is 0 Å². The van der Waals surface area contributed by atoms with Crippen molar-refractivity contribution in [2.75, 3.05) is 13.2 Å². The monoisotopic (exact) mass is 319 g/mol. The highest BCUT2D eigenvalue weighted by atomic mass is 16.6. The van der Waals surface area contributed by atoms with E-state index in [0.717, 1.165) is 24.8 Å². The number of amides is 1. The zero-order chi connectivity index (χ0) is 16.3. The van der Waals surface area contributed by atoms with Crippen molar-refractivity contribution in [3.8, 4) is 0 Å². The molecule has 0 bridgehead atoms. The van der Waals surface area contributed by atoms with E-state index in [1.54, 1.807) is 4.90 Å². The lowest BCUT2D eigenvalue weighted by Gasteiger charge is -2.53. The number of benzene rings is 1. The molecule has 6 nitrogen and oxygen atoms in total. The second kappa shape index (κ2) is 6.58. The fourth-order valence-electron chi connectivity index (χ4n) is 3.18. The number of hydrogen-bond acceptors (Lipinski definition) is 4. The van der Waals surface area contributed by atoms with E-state index in [1.807, 2.05) is 30.3 Å². The molecule has 23 heavy (non-hydrogen) atoms. The van der Waals surface area contributed by atoms with Crippen molar-refractivity contribution >= 4 is 12.1 Å². The summed E-state index contributed by atoms with van der Waals surface area (Å²) >= 11 is 0. The summed E-state index contributed by atoms with van der Waals surface area (Å²) in [6.07, 6.45) is 1.87. The number of carboxylic acids is 1. The van der Waals surface area contributed by atoms with E-state index in [0.29, 0.717) is 6.61 Å². The SMILES string of the molecule is O=C(O)CC1CN(C(=O)OCc2ccccc2)C2(CCC2)CO1. The smallest absolute Gasteiger partial charge is 0.410 e. The number of morpholine rings is 1. The van der Waals surface area contributed by atoms with Crippen LogP contribution in [0.1, 0.15) is 31.2 Å². The van der Waals surface area contributed by atoms with Crippen LogP contribution in [-0.2, 0) is 20.9 Å². The van der Waals surface area contributed by atoms with Crippen molar-refractivity contribution in [1.29, 1.82) is 0 Å². The van der Waals surface area contributed by atoms with E-state index in [-0.39, 0.29) is 31.2 Å². The molecule has 1 N–H and O–H groups in total. The highest BCUT2D eigenvalue weighted by Gasteiger charge is 2.50. The molecule has 2 aliphatic rings. The third-order valence-electron chi connectivity index (χ3n) is 4.66. The zero-order valence-electron chi connectivity index (χ0n) is 12.9. The Bertz CT molecular complexity index is 570. The van der Waals surface area contributed by atoms with Gasteiger partial charge in [-0.05, 0) is 24.8 Å². The number of carbonyl (C=O) groups excluding carboxylic acids is 1.